The maximum atomic E-state index is 12.9. The summed E-state index contributed by atoms with van der Waals surface area (Å²) in [6.07, 6.45) is 1.64. The fourth-order valence-corrected chi connectivity index (χ4v) is 4.46. The fraction of sp³-hybridized carbons (Fsp3) is 0.667. The van der Waals surface area contributed by atoms with Crippen molar-refractivity contribution in [2.75, 3.05) is 32.8 Å². The molecule has 2 aliphatic rings. The van der Waals surface area contributed by atoms with E-state index in [-0.39, 0.29) is 11.9 Å². The summed E-state index contributed by atoms with van der Waals surface area (Å²) in [7, 11) is 0. The van der Waals surface area contributed by atoms with E-state index in [1.54, 1.807) is 4.90 Å². The molecule has 166 valence electrons. The van der Waals surface area contributed by atoms with Crippen LogP contribution in [0.5, 0.6) is 0 Å². The van der Waals surface area contributed by atoms with Crippen LogP contribution < -0.4 is 15.1 Å². The van der Waals surface area contributed by atoms with Crippen LogP contribution in [0.3, 0.4) is 0 Å². The van der Waals surface area contributed by atoms with Crippen LogP contribution in [0.1, 0.15) is 64.5 Å². The third kappa shape index (κ3) is 5.41. The van der Waals surface area contributed by atoms with E-state index in [0.29, 0.717) is 24.9 Å². The van der Waals surface area contributed by atoms with Crippen molar-refractivity contribution >= 4 is 11.9 Å². The molecule has 3 amide bonds. The summed E-state index contributed by atoms with van der Waals surface area (Å²) < 4.78 is 0. The summed E-state index contributed by atoms with van der Waals surface area (Å²) in [5.74, 6) is 1.03. The Morgan fingerprint density at radius 2 is 1.60 bits per heavy atom. The van der Waals surface area contributed by atoms with E-state index < -0.39 is 5.54 Å². The lowest BCUT2D eigenvalue weighted by Crippen LogP contribution is -3.28. The van der Waals surface area contributed by atoms with Gasteiger partial charge in [0, 0.05) is 5.56 Å². The van der Waals surface area contributed by atoms with Crippen LogP contribution in [0.4, 0.5) is 4.79 Å². The molecule has 1 aromatic carbocycles. The highest BCUT2D eigenvalue weighted by atomic mass is 16.2. The van der Waals surface area contributed by atoms with Crippen LogP contribution in [-0.4, -0.2) is 55.2 Å². The molecule has 0 unspecified atom stereocenters. The SMILES string of the molecule is CC(C)CC[C@]1(C)NC(=O)N(C[NH+]2CC[NH+](Cc3ccc(C(C)C)cc3)CC2)C1=O. The summed E-state index contributed by atoms with van der Waals surface area (Å²) in [5.41, 5.74) is 2.03. The summed E-state index contributed by atoms with van der Waals surface area (Å²) in [6, 6.07) is 8.78. The Balaban J connectivity index is 1.48. The van der Waals surface area contributed by atoms with Crippen LogP contribution in [0.15, 0.2) is 24.3 Å². The number of amides is 3. The van der Waals surface area contributed by atoms with Crippen LogP contribution in [0.25, 0.3) is 0 Å². The number of hydrogen-bond donors (Lipinski definition) is 3. The molecule has 0 bridgehead atoms. The predicted octanol–water partition coefficient (Wildman–Crippen LogP) is 0.798. The summed E-state index contributed by atoms with van der Waals surface area (Å²) in [4.78, 5) is 29.8. The quantitative estimate of drug-likeness (QED) is 0.549. The van der Waals surface area contributed by atoms with Gasteiger partial charge in [0.05, 0.1) is 0 Å². The van der Waals surface area contributed by atoms with Gasteiger partial charge in [-0.05, 0) is 37.2 Å². The highest BCUT2D eigenvalue weighted by Gasteiger charge is 2.48. The number of carbonyl (C=O) groups excluding carboxylic acids is 2. The van der Waals surface area contributed by atoms with Gasteiger partial charge >= 0.3 is 6.03 Å². The fourth-order valence-electron chi connectivity index (χ4n) is 4.46. The molecular formula is C24H40N4O2+2. The first-order valence-corrected chi connectivity index (χ1v) is 11.6. The molecule has 2 fully saturated rings. The minimum absolute atomic E-state index is 0.0549. The van der Waals surface area contributed by atoms with Crippen molar-refractivity contribution in [1.82, 2.24) is 10.2 Å². The number of nitrogens with one attached hydrogen (secondary N) is 3. The molecule has 2 saturated heterocycles. The van der Waals surface area contributed by atoms with Gasteiger partial charge in [0.2, 0.25) is 0 Å². The molecular weight excluding hydrogens is 376 g/mol. The van der Waals surface area contributed by atoms with Gasteiger partial charge in [0.25, 0.3) is 5.91 Å². The molecule has 2 aliphatic heterocycles. The van der Waals surface area contributed by atoms with Crippen molar-refractivity contribution in [2.24, 2.45) is 5.92 Å². The van der Waals surface area contributed by atoms with Crippen LogP contribution >= 0.6 is 0 Å². The highest BCUT2D eigenvalue weighted by Crippen LogP contribution is 2.24. The second kappa shape index (κ2) is 9.48. The molecule has 1 atom stereocenters. The van der Waals surface area contributed by atoms with E-state index in [2.05, 4.69) is 57.3 Å². The van der Waals surface area contributed by atoms with Crippen LogP contribution in [-0.2, 0) is 11.3 Å². The Kier molecular flexibility index (Phi) is 7.19. The number of benzene rings is 1. The summed E-state index contributed by atoms with van der Waals surface area (Å²) in [5, 5.41) is 2.95. The molecule has 30 heavy (non-hydrogen) atoms. The number of nitrogens with zero attached hydrogens (tertiary/aromatic N) is 1. The molecule has 3 rings (SSSR count). The van der Waals surface area contributed by atoms with Gasteiger partial charge in [-0.15, -0.1) is 0 Å². The van der Waals surface area contributed by atoms with Gasteiger partial charge in [0.15, 0.2) is 6.67 Å². The van der Waals surface area contributed by atoms with Crippen molar-refractivity contribution in [2.45, 2.75) is 65.5 Å². The maximum absolute atomic E-state index is 12.9. The predicted molar refractivity (Wildman–Crippen MR) is 118 cm³/mol. The molecule has 0 radical (unpaired) electrons. The van der Waals surface area contributed by atoms with Gasteiger partial charge in [-0.1, -0.05) is 52.0 Å². The number of carbonyl (C=O) groups is 2. The molecule has 0 spiro atoms. The average Bonchev–Trinajstić information content (AvgIpc) is 2.92. The highest BCUT2D eigenvalue weighted by molar-refractivity contribution is 6.06. The first-order valence-electron chi connectivity index (χ1n) is 11.6. The maximum Gasteiger partial charge on any atom is 0.329 e. The van der Waals surface area contributed by atoms with Crippen LogP contribution in [0, 0.1) is 5.92 Å². The number of urea groups is 1. The Bertz CT molecular complexity index is 738. The Hall–Kier alpha value is -1.92. The topological polar surface area (TPSA) is 58.3 Å². The zero-order valence-corrected chi connectivity index (χ0v) is 19.4. The minimum atomic E-state index is -0.740. The van der Waals surface area contributed by atoms with Gasteiger partial charge in [-0.25, -0.2) is 9.69 Å². The van der Waals surface area contributed by atoms with Crippen molar-refractivity contribution in [3.63, 3.8) is 0 Å². The zero-order valence-electron chi connectivity index (χ0n) is 19.4. The van der Waals surface area contributed by atoms with Crippen molar-refractivity contribution < 1.29 is 19.4 Å². The standard InChI is InChI=1S/C24H38N4O2/c1-18(2)10-11-24(5)22(29)28(23(30)25-24)17-27-14-12-26(13-15-27)16-20-6-8-21(9-7-20)19(3)4/h6-9,18-19H,10-17H2,1-5H3,(H,25,30)/p+2/t24-/m0/s1. The zero-order chi connectivity index (χ0) is 21.9. The van der Waals surface area contributed by atoms with E-state index in [1.807, 2.05) is 6.92 Å². The van der Waals surface area contributed by atoms with Crippen molar-refractivity contribution in [3.8, 4) is 0 Å². The number of imide groups is 1. The first-order chi connectivity index (χ1) is 14.2. The monoisotopic (exact) mass is 416 g/mol. The number of piperazine rings is 1. The van der Waals surface area contributed by atoms with Gasteiger partial charge in [-0.2, -0.15) is 0 Å². The van der Waals surface area contributed by atoms with Gasteiger partial charge in [0.1, 0.15) is 38.3 Å². The van der Waals surface area contributed by atoms with Gasteiger partial charge < -0.3 is 15.1 Å². The number of hydrogen-bond acceptors (Lipinski definition) is 2. The normalized spacial score (nSPS) is 27.2. The first kappa shape index (κ1) is 22.8. The number of rotatable bonds is 8. The Labute approximate surface area is 181 Å². The Morgan fingerprint density at radius 1 is 1.00 bits per heavy atom. The third-order valence-electron chi connectivity index (χ3n) is 6.71. The van der Waals surface area contributed by atoms with E-state index in [1.165, 1.54) is 20.9 Å². The second-order valence-corrected chi connectivity index (χ2v) is 10.2. The lowest BCUT2D eigenvalue weighted by atomic mass is 9.92. The average molecular weight is 417 g/mol. The van der Waals surface area contributed by atoms with E-state index in [0.717, 1.165) is 39.1 Å². The second-order valence-electron chi connectivity index (χ2n) is 10.2. The smallest absolute Gasteiger partial charge is 0.323 e. The summed E-state index contributed by atoms with van der Waals surface area (Å²) in [6.45, 7) is 16.2. The van der Waals surface area contributed by atoms with Crippen molar-refractivity contribution in [1.29, 1.82) is 0 Å². The minimum Gasteiger partial charge on any atom is -0.323 e. The van der Waals surface area contributed by atoms with Gasteiger partial charge in [-0.3, -0.25) is 4.79 Å². The van der Waals surface area contributed by atoms with E-state index >= 15 is 0 Å². The third-order valence-corrected chi connectivity index (χ3v) is 6.71. The van der Waals surface area contributed by atoms with Crippen molar-refractivity contribution in [3.05, 3.63) is 35.4 Å². The lowest BCUT2D eigenvalue weighted by Gasteiger charge is -2.31. The largest absolute Gasteiger partial charge is 0.329 e. The number of quaternary nitrogens is 2. The lowest BCUT2D eigenvalue weighted by molar-refractivity contribution is -1.02. The van der Waals surface area contributed by atoms with E-state index in [4.69, 9.17) is 0 Å². The molecule has 6 heteroatoms. The molecule has 3 N–H and O–H groups in total. The molecule has 0 aliphatic carbocycles. The van der Waals surface area contributed by atoms with Crippen LogP contribution in [0.2, 0.25) is 0 Å². The van der Waals surface area contributed by atoms with E-state index in [9.17, 15) is 9.59 Å². The molecule has 0 saturated carbocycles. The Morgan fingerprint density at radius 3 is 2.17 bits per heavy atom. The molecule has 6 nitrogen and oxygen atoms in total. The molecule has 2 heterocycles. The molecule has 0 aromatic heterocycles. The molecule has 1 aromatic rings. The summed E-state index contributed by atoms with van der Waals surface area (Å²) >= 11 is 0.